The van der Waals surface area contributed by atoms with E-state index in [9.17, 15) is 4.79 Å². The molecule has 0 unspecified atom stereocenters. The summed E-state index contributed by atoms with van der Waals surface area (Å²) in [5.74, 6) is 3.36. The third-order valence-corrected chi connectivity index (χ3v) is 5.26. The smallest absolute Gasteiger partial charge is 0.276 e. The average Bonchev–Trinajstić information content (AvgIpc) is 3.37. The van der Waals surface area contributed by atoms with Crippen LogP contribution in [-0.2, 0) is 13.6 Å². The number of imidazole rings is 1. The van der Waals surface area contributed by atoms with Crippen LogP contribution in [0.1, 0.15) is 52.5 Å². The van der Waals surface area contributed by atoms with Crippen molar-refractivity contribution in [3.63, 3.8) is 0 Å². The van der Waals surface area contributed by atoms with Gasteiger partial charge in [-0.3, -0.25) is 4.79 Å². The fourth-order valence-corrected chi connectivity index (χ4v) is 3.62. The molecule has 3 aromatic rings. The summed E-state index contributed by atoms with van der Waals surface area (Å²) in [6.07, 6.45) is 6.94. The summed E-state index contributed by atoms with van der Waals surface area (Å²) in [5, 5.41) is 8.81. The molecule has 27 heavy (non-hydrogen) atoms. The molecule has 0 saturated carbocycles. The predicted molar refractivity (Wildman–Crippen MR) is 96.2 cm³/mol. The van der Waals surface area contributed by atoms with Gasteiger partial charge in [-0.15, -0.1) is 10.2 Å². The Morgan fingerprint density at radius 3 is 2.85 bits per heavy atom. The molecule has 1 saturated heterocycles. The molecule has 0 N–H and O–H groups in total. The normalized spacial score (nSPS) is 17.4. The zero-order valence-electron chi connectivity index (χ0n) is 15.8. The number of hydrogen-bond donors (Lipinski definition) is 0. The Labute approximate surface area is 157 Å². The van der Waals surface area contributed by atoms with Crippen LogP contribution in [0.3, 0.4) is 0 Å². The number of piperidine rings is 1. The van der Waals surface area contributed by atoms with Crippen molar-refractivity contribution >= 4 is 5.91 Å². The Bertz CT molecular complexity index is 955. The summed E-state index contributed by atoms with van der Waals surface area (Å²) in [5.41, 5.74) is 0.393. The minimum atomic E-state index is -0.0811. The first kappa shape index (κ1) is 17.4. The van der Waals surface area contributed by atoms with E-state index in [4.69, 9.17) is 4.42 Å². The van der Waals surface area contributed by atoms with Crippen LogP contribution < -0.4 is 0 Å². The highest BCUT2D eigenvalue weighted by Crippen LogP contribution is 2.27. The van der Waals surface area contributed by atoms with Crippen LogP contribution in [-0.4, -0.2) is 53.2 Å². The molecule has 1 aliphatic rings. The Morgan fingerprint density at radius 1 is 1.30 bits per heavy atom. The van der Waals surface area contributed by atoms with Crippen LogP contribution in [0.25, 0.3) is 0 Å². The molecule has 142 valence electrons. The number of carbonyl (C=O) groups is 1. The lowest BCUT2D eigenvalue weighted by Gasteiger charge is -2.31. The first-order valence-electron chi connectivity index (χ1n) is 9.10. The number of aryl methyl sites for hydroxylation is 2. The number of rotatable bonds is 4. The molecule has 9 heteroatoms. The van der Waals surface area contributed by atoms with Gasteiger partial charge in [0.1, 0.15) is 17.4 Å². The number of nitrogens with zero attached hydrogens (tertiary/aromatic N) is 7. The molecule has 1 aliphatic heterocycles. The average molecular weight is 369 g/mol. The van der Waals surface area contributed by atoms with Crippen molar-refractivity contribution in [3.05, 3.63) is 47.7 Å². The molecular weight excluding hydrogens is 346 g/mol. The van der Waals surface area contributed by atoms with E-state index in [0.29, 0.717) is 24.5 Å². The van der Waals surface area contributed by atoms with Crippen LogP contribution in [0, 0.1) is 13.8 Å². The molecule has 0 spiro atoms. The summed E-state index contributed by atoms with van der Waals surface area (Å²) < 4.78 is 9.26. The van der Waals surface area contributed by atoms with Gasteiger partial charge in [0.15, 0.2) is 17.9 Å². The molecule has 4 rings (SSSR count). The first-order chi connectivity index (χ1) is 13.0. The highest BCUT2D eigenvalue weighted by atomic mass is 16.3. The van der Waals surface area contributed by atoms with Crippen molar-refractivity contribution in [2.45, 2.75) is 39.2 Å². The highest BCUT2D eigenvalue weighted by molar-refractivity contribution is 5.93. The second-order valence-corrected chi connectivity index (χ2v) is 6.98. The van der Waals surface area contributed by atoms with Crippen molar-refractivity contribution in [1.29, 1.82) is 0 Å². The molecule has 1 fully saturated rings. The standard InChI is InChI=1S/C18H23N7O2/c1-12-16(20-11-27-12)18(26)25-7-4-5-14(9-25)17-22-21-15(23(17)3)10-24-8-6-19-13(24)2/h6,8,11,14H,4-5,7,9-10H2,1-3H3/t14-/m1/s1. The van der Waals surface area contributed by atoms with Gasteiger partial charge in [-0.25, -0.2) is 9.97 Å². The third-order valence-electron chi connectivity index (χ3n) is 5.26. The number of hydrogen-bond acceptors (Lipinski definition) is 6. The molecule has 1 atom stereocenters. The van der Waals surface area contributed by atoms with Gasteiger partial charge in [-0.1, -0.05) is 0 Å². The van der Waals surface area contributed by atoms with E-state index >= 15 is 0 Å². The first-order valence-corrected chi connectivity index (χ1v) is 9.10. The van der Waals surface area contributed by atoms with Gasteiger partial charge in [0, 0.05) is 38.4 Å². The van der Waals surface area contributed by atoms with Crippen LogP contribution in [0.5, 0.6) is 0 Å². The molecular formula is C18H23N7O2. The molecule has 4 heterocycles. The Morgan fingerprint density at radius 2 is 2.15 bits per heavy atom. The third kappa shape index (κ3) is 3.24. The SMILES string of the molecule is Cc1ocnc1C(=O)N1CCC[C@@H](c2nnc(Cn3ccnc3C)n2C)C1. The minimum Gasteiger partial charge on any atom is -0.448 e. The molecule has 0 aliphatic carbocycles. The number of carbonyl (C=O) groups excluding carboxylic acids is 1. The number of amides is 1. The van der Waals surface area contributed by atoms with E-state index in [-0.39, 0.29) is 11.8 Å². The van der Waals surface area contributed by atoms with E-state index in [1.54, 1.807) is 13.1 Å². The summed E-state index contributed by atoms with van der Waals surface area (Å²) >= 11 is 0. The number of oxazole rings is 1. The molecule has 1 amide bonds. The van der Waals surface area contributed by atoms with Gasteiger partial charge >= 0.3 is 0 Å². The molecule has 9 nitrogen and oxygen atoms in total. The second kappa shape index (κ2) is 6.98. The lowest BCUT2D eigenvalue weighted by Crippen LogP contribution is -2.40. The Balaban J connectivity index is 1.51. The monoisotopic (exact) mass is 369 g/mol. The van der Waals surface area contributed by atoms with E-state index in [0.717, 1.165) is 36.9 Å². The van der Waals surface area contributed by atoms with Crippen molar-refractivity contribution in [3.8, 4) is 0 Å². The number of likely N-dealkylation sites (tertiary alicyclic amines) is 1. The van der Waals surface area contributed by atoms with Gasteiger partial charge in [0.25, 0.3) is 5.91 Å². The highest BCUT2D eigenvalue weighted by Gasteiger charge is 2.30. The summed E-state index contributed by atoms with van der Waals surface area (Å²) in [4.78, 5) is 22.9. The second-order valence-electron chi connectivity index (χ2n) is 6.98. The van der Waals surface area contributed by atoms with E-state index in [2.05, 4.69) is 20.2 Å². The topological polar surface area (TPSA) is 94.9 Å². The van der Waals surface area contributed by atoms with Crippen molar-refractivity contribution in [1.82, 2.24) is 34.2 Å². The number of aromatic nitrogens is 6. The zero-order valence-corrected chi connectivity index (χ0v) is 15.8. The van der Waals surface area contributed by atoms with Crippen LogP contribution in [0.15, 0.2) is 23.2 Å². The maximum Gasteiger partial charge on any atom is 0.276 e. The molecule has 0 bridgehead atoms. The van der Waals surface area contributed by atoms with Crippen LogP contribution in [0.4, 0.5) is 0 Å². The maximum absolute atomic E-state index is 12.7. The molecule has 3 aromatic heterocycles. The predicted octanol–water partition coefficient (Wildman–Crippen LogP) is 1.68. The zero-order chi connectivity index (χ0) is 19.0. The van der Waals surface area contributed by atoms with Crippen LogP contribution in [0.2, 0.25) is 0 Å². The fourth-order valence-electron chi connectivity index (χ4n) is 3.62. The Kier molecular flexibility index (Phi) is 4.51. The van der Waals surface area contributed by atoms with E-state index in [1.807, 2.05) is 34.2 Å². The van der Waals surface area contributed by atoms with Gasteiger partial charge in [0.05, 0.1) is 6.54 Å². The van der Waals surface area contributed by atoms with Gasteiger partial charge in [-0.05, 0) is 26.7 Å². The molecule has 0 aromatic carbocycles. The minimum absolute atomic E-state index is 0.0811. The fraction of sp³-hybridized carbons (Fsp3) is 0.500. The maximum atomic E-state index is 12.7. The largest absolute Gasteiger partial charge is 0.448 e. The van der Waals surface area contributed by atoms with Crippen LogP contribution >= 0.6 is 0 Å². The lowest BCUT2D eigenvalue weighted by molar-refractivity contribution is 0.0696. The van der Waals surface area contributed by atoms with Crippen molar-refractivity contribution in [2.24, 2.45) is 7.05 Å². The van der Waals surface area contributed by atoms with E-state index < -0.39 is 0 Å². The quantitative estimate of drug-likeness (QED) is 0.694. The summed E-state index contributed by atoms with van der Waals surface area (Å²) in [6, 6.07) is 0. The van der Waals surface area contributed by atoms with Gasteiger partial charge in [-0.2, -0.15) is 0 Å². The van der Waals surface area contributed by atoms with Crippen molar-refractivity contribution in [2.75, 3.05) is 13.1 Å². The van der Waals surface area contributed by atoms with Crippen molar-refractivity contribution < 1.29 is 9.21 Å². The van der Waals surface area contributed by atoms with Gasteiger partial charge < -0.3 is 18.5 Å². The lowest BCUT2D eigenvalue weighted by atomic mass is 9.97. The summed E-state index contributed by atoms with van der Waals surface area (Å²) in [6.45, 7) is 5.69. The van der Waals surface area contributed by atoms with E-state index in [1.165, 1.54) is 6.39 Å². The summed E-state index contributed by atoms with van der Waals surface area (Å²) in [7, 11) is 1.99. The Hall–Kier alpha value is -2.97. The molecule has 0 radical (unpaired) electrons. The van der Waals surface area contributed by atoms with Gasteiger partial charge in [0.2, 0.25) is 0 Å².